The van der Waals surface area contributed by atoms with Crippen molar-refractivity contribution in [3.05, 3.63) is 59.4 Å². The molecule has 0 atom stereocenters. The zero-order chi connectivity index (χ0) is 16.7. The van der Waals surface area contributed by atoms with Gasteiger partial charge in [0.25, 0.3) is 0 Å². The molecule has 0 spiro atoms. The second kappa shape index (κ2) is 8.17. The van der Waals surface area contributed by atoms with Gasteiger partial charge in [-0.1, -0.05) is 18.2 Å². The molecule has 0 fully saturated rings. The number of benzene rings is 2. The third kappa shape index (κ3) is 4.98. The predicted octanol–water partition coefficient (Wildman–Crippen LogP) is 3.52. The lowest BCUT2D eigenvalue weighted by Crippen LogP contribution is -2.07. The minimum absolute atomic E-state index is 0.183. The maximum atomic E-state index is 12.9. The summed E-state index contributed by atoms with van der Waals surface area (Å²) in [5.74, 6) is 0.530. The van der Waals surface area contributed by atoms with Crippen molar-refractivity contribution in [1.82, 2.24) is 0 Å². The van der Waals surface area contributed by atoms with E-state index in [9.17, 15) is 9.18 Å². The van der Waals surface area contributed by atoms with Crippen LogP contribution in [0, 0.1) is 5.82 Å². The first-order valence-electron chi connectivity index (χ1n) is 7.32. The van der Waals surface area contributed by atoms with Crippen LogP contribution in [-0.2, 0) is 22.6 Å². The second-order valence-electron chi connectivity index (χ2n) is 4.88. The Hall–Kier alpha value is -2.56. The molecular weight excluding hydrogens is 299 g/mol. The highest BCUT2D eigenvalue weighted by atomic mass is 19.1. The number of hydrogen-bond acceptors (Lipinski definition) is 4. The third-order valence-corrected chi connectivity index (χ3v) is 3.19. The van der Waals surface area contributed by atoms with E-state index in [1.165, 1.54) is 19.2 Å². The predicted molar refractivity (Wildman–Crippen MR) is 84.1 cm³/mol. The topological polar surface area (TPSA) is 44.8 Å². The Bertz CT molecular complexity index is 653. The van der Waals surface area contributed by atoms with Crippen molar-refractivity contribution in [1.29, 1.82) is 0 Å². The summed E-state index contributed by atoms with van der Waals surface area (Å²) in [6.07, 6.45) is 0.183. The Morgan fingerprint density at radius 1 is 1.04 bits per heavy atom. The summed E-state index contributed by atoms with van der Waals surface area (Å²) in [5.41, 5.74) is 1.64. The maximum Gasteiger partial charge on any atom is 0.310 e. The quantitative estimate of drug-likeness (QED) is 0.733. The fourth-order valence-corrected chi connectivity index (χ4v) is 2.06. The van der Waals surface area contributed by atoms with Crippen molar-refractivity contribution < 1.29 is 23.4 Å². The Labute approximate surface area is 134 Å². The molecule has 0 unspecified atom stereocenters. The Balaban J connectivity index is 2.04. The van der Waals surface area contributed by atoms with Crippen LogP contribution in [0.5, 0.6) is 11.5 Å². The molecule has 2 aromatic carbocycles. The first kappa shape index (κ1) is 16.8. The molecule has 0 bridgehead atoms. The number of methoxy groups -OCH3 is 1. The molecular formula is C18H19FO4. The summed E-state index contributed by atoms with van der Waals surface area (Å²) in [6.45, 7) is 2.42. The van der Waals surface area contributed by atoms with E-state index in [1.807, 2.05) is 0 Å². The smallest absolute Gasteiger partial charge is 0.310 e. The van der Waals surface area contributed by atoms with Gasteiger partial charge in [0.15, 0.2) is 11.5 Å². The molecule has 0 N–H and O–H groups in total. The van der Waals surface area contributed by atoms with Crippen LogP contribution < -0.4 is 9.47 Å². The van der Waals surface area contributed by atoms with Crippen molar-refractivity contribution >= 4 is 5.97 Å². The molecule has 0 aromatic heterocycles. The lowest BCUT2D eigenvalue weighted by atomic mass is 10.1. The lowest BCUT2D eigenvalue weighted by molar-refractivity contribution is -0.142. The van der Waals surface area contributed by atoms with Gasteiger partial charge in [-0.25, -0.2) is 4.39 Å². The van der Waals surface area contributed by atoms with Gasteiger partial charge in [0.2, 0.25) is 0 Å². The van der Waals surface area contributed by atoms with Crippen LogP contribution in [-0.4, -0.2) is 19.7 Å². The van der Waals surface area contributed by atoms with E-state index in [1.54, 1.807) is 37.3 Å². The van der Waals surface area contributed by atoms with Crippen LogP contribution in [0.3, 0.4) is 0 Å². The zero-order valence-corrected chi connectivity index (χ0v) is 13.2. The van der Waals surface area contributed by atoms with Crippen molar-refractivity contribution in [3.63, 3.8) is 0 Å². The average molecular weight is 318 g/mol. The molecule has 23 heavy (non-hydrogen) atoms. The van der Waals surface area contributed by atoms with E-state index in [4.69, 9.17) is 14.2 Å². The molecule has 0 saturated heterocycles. The van der Waals surface area contributed by atoms with E-state index in [2.05, 4.69) is 0 Å². The van der Waals surface area contributed by atoms with Gasteiger partial charge in [0.1, 0.15) is 12.4 Å². The molecule has 0 amide bonds. The monoisotopic (exact) mass is 318 g/mol. The molecule has 4 nitrogen and oxygen atoms in total. The number of esters is 1. The van der Waals surface area contributed by atoms with Crippen molar-refractivity contribution in [2.75, 3.05) is 13.7 Å². The summed E-state index contributed by atoms with van der Waals surface area (Å²) >= 11 is 0. The van der Waals surface area contributed by atoms with Crippen LogP contribution >= 0.6 is 0 Å². The highest BCUT2D eigenvalue weighted by Crippen LogP contribution is 2.29. The van der Waals surface area contributed by atoms with Crippen LogP contribution in [0.25, 0.3) is 0 Å². The highest BCUT2D eigenvalue weighted by molar-refractivity contribution is 5.72. The molecule has 0 aliphatic rings. The molecule has 0 saturated carbocycles. The Kier molecular flexibility index (Phi) is 5.97. The van der Waals surface area contributed by atoms with Gasteiger partial charge in [0.05, 0.1) is 20.1 Å². The van der Waals surface area contributed by atoms with Crippen LogP contribution in [0.2, 0.25) is 0 Å². The maximum absolute atomic E-state index is 12.9. The van der Waals surface area contributed by atoms with Crippen LogP contribution in [0.1, 0.15) is 18.1 Å². The first-order chi connectivity index (χ1) is 11.1. The van der Waals surface area contributed by atoms with E-state index in [0.717, 1.165) is 11.1 Å². The zero-order valence-electron chi connectivity index (χ0n) is 13.2. The van der Waals surface area contributed by atoms with E-state index in [0.29, 0.717) is 24.7 Å². The van der Waals surface area contributed by atoms with Gasteiger partial charge < -0.3 is 14.2 Å². The lowest BCUT2D eigenvalue weighted by Gasteiger charge is -2.12. The molecule has 2 aromatic rings. The van der Waals surface area contributed by atoms with Gasteiger partial charge in [0, 0.05) is 0 Å². The second-order valence-corrected chi connectivity index (χ2v) is 4.88. The molecule has 0 radical (unpaired) electrons. The van der Waals surface area contributed by atoms with Gasteiger partial charge in [-0.05, 0) is 42.3 Å². The van der Waals surface area contributed by atoms with Crippen LogP contribution in [0.15, 0.2) is 42.5 Å². The summed E-state index contributed by atoms with van der Waals surface area (Å²) in [4.78, 5) is 11.5. The number of halogens is 1. The summed E-state index contributed by atoms with van der Waals surface area (Å²) in [5, 5.41) is 0. The summed E-state index contributed by atoms with van der Waals surface area (Å²) < 4.78 is 28.8. The molecule has 5 heteroatoms. The van der Waals surface area contributed by atoms with Gasteiger partial charge in [-0.15, -0.1) is 0 Å². The first-order valence-corrected chi connectivity index (χ1v) is 7.32. The largest absolute Gasteiger partial charge is 0.493 e. The minimum Gasteiger partial charge on any atom is -0.493 e. The van der Waals surface area contributed by atoms with Crippen molar-refractivity contribution in [3.8, 4) is 11.5 Å². The summed E-state index contributed by atoms with van der Waals surface area (Å²) in [7, 11) is 1.54. The fourth-order valence-electron chi connectivity index (χ4n) is 2.06. The molecule has 0 aliphatic carbocycles. The number of ether oxygens (including phenoxy) is 3. The standard InChI is InChI=1S/C18H19FO4/c1-3-22-18(20)11-14-6-9-16(17(10-14)21-2)23-12-13-4-7-15(19)8-5-13/h4-10H,3,11-12H2,1-2H3. The average Bonchev–Trinajstić information content (AvgIpc) is 2.55. The normalized spacial score (nSPS) is 10.2. The summed E-state index contributed by atoms with van der Waals surface area (Å²) in [6, 6.07) is 11.4. The minimum atomic E-state index is -0.283. The SMILES string of the molecule is CCOC(=O)Cc1ccc(OCc2ccc(F)cc2)c(OC)c1. The number of carbonyl (C=O) groups is 1. The third-order valence-electron chi connectivity index (χ3n) is 3.19. The molecule has 2 rings (SSSR count). The van der Waals surface area contributed by atoms with Gasteiger partial charge in [-0.3, -0.25) is 4.79 Å². The number of carbonyl (C=O) groups excluding carboxylic acids is 1. The fraction of sp³-hybridized carbons (Fsp3) is 0.278. The van der Waals surface area contributed by atoms with Crippen LogP contribution in [0.4, 0.5) is 4.39 Å². The van der Waals surface area contributed by atoms with E-state index >= 15 is 0 Å². The van der Waals surface area contributed by atoms with E-state index in [-0.39, 0.29) is 18.2 Å². The highest BCUT2D eigenvalue weighted by Gasteiger charge is 2.10. The molecule has 0 heterocycles. The van der Waals surface area contributed by atoms with Gasteiger partial charge >= 0.3 is 5.97 Å². The molecule has 122 valence electrons. The Morgan fingerprint density at radius 2 is 1.74 bits per heavy atom. The number of rotatable bonds is 7. The van der Waals surface area contributed by atoms with Crippen molar-refractivity contribution in [2.45, 2.75) is 20.0 Å². The van der Waals surface area contributed by atoms with Crippen molar-refractivity contribution in [2.24, 2.45) is 0 Å². The molecule has 0 aliphatic heterocycles. The van der Waals surface area contributed by atoms with Gasteiger partial charge in [-0.2, -0.15) is 0 Å². The Morgan fingerprint density at radius 3 is 2.39 bits per heavy atom. The van der Waals surface area contributed by atoms with E-state index < -0.39 is 0 Å². The number of hydrogen-bond donors (Lipinski definition) is 0.